The molecule has 0 radical (unpaired) electrons. The second-order valence-corrected chi connectivity index (χ2v) is 2.68. The van der Waals surface area contributed by atoms with Gasteiger partial charge in [0.1, 0.15) is 0 Å². The van der Waals surface area contributed by atoms with Crippen LogP contribution in [0.15, 0.2) is 0 Å². The summed E-state index contributed by atoms with van der Waals surface area (Å²) in [6.07, 6.45) is 0. The molecule has 0 atom stereocenters. The summed E-state index contributed by atoms with van der Waals surface area (Å²) >= 11 is 0. The van der Waals surface area contributed by atoms with E-state index in [0.717, 1.165) is 0 Å². The second-order valence-electron chi connectivity index (χ2n) is 0.894. The molecule has 14 heavy (non-hydrogen) atoms. The average Bonchev–Trinajstić information content (AvgIpc) is 1.12. The van der Waals surface area contributed by atoms with Gasteiger partial charge < -0.3 is 44.6 Å². The fourth-order valence-corrected chi connectivity index (χ4v) is 0. The molecule has 14 heteroatoms. The summed E-state index contributed by atoms with van der Waals surface area (Å²) in [7, 11) is -10.8. The second kappa shape index (κ2) is 15.9. The van der Waals surface area contributed by atoms with E-state index in [2.05, 4.69) is 0 Å². The van der Waals surface area contributed by atoms with Crippen LogP contribution in [0.4, 0.5) is 0 Å². The Labute approximate surface area is 140 Å². The third-order valence-corrected chi connectivity index (χ3v) is 0. The molecule has 0 saturated carbocycles. The fraction of sp³-hybridized carbons (Fsp3) is 0. The van der Waals surface area contributed by atoms with E-state index >= 15 is 0 Å². The van der Waals surface area contributed by atoms with E-state index in [1.807, 2.05) is 0 Å². The van der Waals surface area contributed by atoms with Gasteiger partial charge in [-0.1, -0.05) is 0 Å². The van der Waals surface area contributed by atoms with E-state index in [-0.39, 0.29) is 88.0 Å². The number of rotatable bonds is 0. The molecular formula is H3Cd3NO8P2. The van der Waals surface area contributed by atoms with Crippen LogP contribution >= 0.6 is 15.6 Å². The molecule has 0 bridgehead atoms. The molecule has 0 unspecified atom stereocenters. The van der Waals surface area contributed by atoms with E-state index in [1.165, 1.54) is 0 Å². The topological polar surface area (TPSA) is 208 Å². The Morgan fingerprint density at radius 2 is 0.571 bits per heavy atom. The Balaban J connectivity index is -0.0000000178. The van der Waals surface area contributed by atoms with Crippen LogP contribution < -0.4 is 35.5 Å². The Morgan fingerprint density at radius 1 is 0.571 bits per heavy atom. The molecule has 0 aromatic heterocycles. The van der Waals surface area contributed by atoms with Gasteiger partial charge >= 0.3 is 81.9 Å². The summed E-state index contributed by atoms with van der Waals surface area (Å²) in [5.74, 6) is 0. The van der Waals surface area contributed by atoms with Gasteiger partial charge in [0.2, 0.25) is 0 Å². The Bertz CT molecular complexity index is 135. The van der Waals surface area contributed by atoms with Crippen LogP contribution in [-0.4, -0.2) is 0 Å². The minimum Gasteiger partial charge on any atom is -0.822 e. The maximum absolute atomic E-state index is 8.55. The zero-order chi connectivity index (χ0) is 9.00. The maximum atomic E-state index is 8.55. The molecule has 3 N–H and O–H groups in total. The van der Waals surface area contributed by atoms with Crippen molar-refractivity contribution in [3.8, 4) is 0 Å². The summed E-state index contributed by atoms with van der Waals surface area (Å²) in [5.41, 5.74) is 0. The van der Waals surface area contributed by atoms with Gasteiger partial charge in [-0.15, -0.1) is 0 Å². The first-order chi connectivity index (χ1) is 4.00. The summed E-state index contributed by atoms with van der Waals surface area (Å²) in [6.45, 7) is 0. The molecule has 0 saturated heterocycles. The fourth-order valence-electron chi connectivity index (χ4n) is 0. The molecule has 0 aliphatic carbocycles. The normalized spacial score (nSPS) is 8.43. The standard InChI is InChI=1S/3Cd.H3N.2H3O4P/c;;;;2*1-5(2,3)4/h;;;1H3;2*(H3,1,2,3,4)/q3*+2;;;/p-6. The van der Waals surface area contributed by atoms with Crippen molar-refractivity contribution in [2.75, 3.05) is 0 Å². The van der Waals surface area contributed by atoms with Gasteiger partial charge in [0.25, 0.3) is 0 Å². The molecule has 9 nitrogen and oxygen atoms in total. The monoisotopic (exact) mass is 549 g/mol. The van der Waals surface area contributed by atoms with Crippen molar-refractivity contribution < 1.29 is 120 Å². The Morgan fingerprint density at radius 3 is 0.571 bits per heavy atom. The van der Waals surface area contributed by atoms with Gasteiger partial charge in [-0.05, 0) is 0 Å². The minimum absolute atomic E-state index is 0. The zero-order valence-corrected chi connectivity index (χ0v) is 20.9. The SMILES string of the molecule is N.O=P([O-])([O-])[O-].O=P([O-])([O-])[O-].[Cd+2].[Cd+2].[Cd+2]. The summed E-state index contributed by atoms with van der Waals surface area (Å²) in [4.78, 5) is 51.3. The van der Waals surface area contributed by atoms with Crippen molar-refractivity contribution >= 4 is 15.6 Å². The third-order valence-electron chi connectivity index (χ3n) is 0. The minimum atomic E-state index is -5.39. The first-order valence-corrected chi connectivity index (χ1v) is 4.38. The van der Waals surface area contributed by atoms with E-state index in [0.29, 0.717) is 0 Å². The smallest absolute Gasteiger partial charge is 0.822 e. The first-order valence-electron chi connectivity index (χ1n) is 1.46. The predicted molar refractivity (Wildman–Crippen MR) is 20.2 cm³/mol. The van der Waals surface area contributed by atoms with Gasteiger partial charge in [-0.2, -0.15) is 15.6 Å². The van der Waals surface area contributed by atoms with Crippen molar-refractivity contribution in [3.05, 3.63) is 0 Å². The van der Waals surface area contributed by atoms with Gasteiger partial charge in [0.05, 0.1) is 0 Å². The molecule has 72 valence electrons. The van der Waals surface area contributed by atoms with Crippen molar-refractivity contribution in [1.29, 1.82) is 0 Å². The van der Waals surface area contributed by atoms with Crippen LogP contribution in [0.5, 0.6) is 0 Å². The molecule has 0 heterocycles. The molecule has 0 aliphatic rings. The Hall–Kier alpha value is 2.95. The molecule has 0 fully saturated rings. The van der Waals surface area contributed by atoms with Gasteiger partial charge in [-0.25, -0.2) is 0 Å². The molecule has 0 amide bonds. The zero-order valence-electron chi connectivity index (χ0n) is 6.99. The van der Waals surface area contributed by atoms with Crippen LogP contribution in [0.2, 0.25) is 0 Å². The number of hydrogen-bond acceptors (Lipinski definition) is 9. The molecular weight excluding hydrogens is 541 g/mol. The molecule has 0 spiro atoms. The number of phosphoric acid groups is 2. The summed E-state index contributed by atoms with van der Waals surface area (Å²) in [6, 6.07) is 0. The third kappa shape index (κ3) is 335. The van der Waals surface area contributed by atoms with Gasteiger partial charge in [0.15, 0.2) is 0 Å². The average molecular weight is 544 g/mol. The summed E-state index contributed by atoms with van der Waals surface area (Å²) < 4.78 is 17.1. The van der Waals surface area contributed by atoms with E-state index in [1.54, 1.807) is 0 Å². The molecule has 0 rings (SSSR count). The summed E-state index contributed by atoms with van der Waals surface area (Å²) in [5, 5.41) is 0. The van der Waals surface area contributed by atoms with E-state index < -0.39 is 15.6 Å². The quantitative estimate of drug-likeness (QED) is 0.228. The van der Waals surface area contributed by atoms with Crippen LogP contribution in [0, 0.1) is 0 Å². The number of hydrogen-bond donors (Lipinski definition) is 1. The van der Waals surface area contributed by atoms with Crippen molar-refractivity contribution in [2.45, 2.75) is 0 Å². The largest absolute Gasteiger partial charge is 2.00 e. The predicted octanol–water partition coefficient (Wildman–Crippen LogP) is -5.49. The van der Waals surface area contributed by atoms with Crippen molar-refractivity contribution in [1.82, 2.24) is 6.15 Å². The molecule has 0 aromatic rings. The van der Waals surface area contributed by atoms with E-state index in [9.17, 15) is 0 Å². The Kier molecular flexibility index (Phi) is 41.0. The van der Waals surface area contributed by atoms with Crippen molar-refractivity contribution in [3.63, 3.8) is 0 Å². The van der Waals surface area contributed by atoms with Crippen LogP contribution in [0.1, 0.15) is 0 Å². The van der Waals surface area contributed by atoms with Crippen LogP contribution in [-0.2, 0) is 91.0 Å². The van der Waals surface area contributed by atoms with E-state index in [4.69, 9.17) is 38.5 Å². The van der Waals surface area contributed by atoms with Crippen molar-refractivity contribution in [2.24, 2.45) is 0 Å². The maximum Gasteiger partial charge on any atom is 2.00 e. The molecule has 0 aromatic carbocycles. The first kappa shape index (κ1) is 36.0. The van der Waals surface area contributed by atoms with Crippen LogP contribution in [0.3, 0.4) is 0 Å². The van der Waals surface area contributed by atoms with Gasteiger partial charge in [0, 0.05) is 0 Å². The van der Waals surface area contributed by atoms with Crippen LogP contribution in [0.25, 0.3) is 0 Å². The molecule has 0 aliphatic heterocycles. The van der Waals surface area contributed by atoms with Gasteiger partial charge in [-0.3, -0.25) is 0 Å².